The van der Waals surface area contributed by atoms with Crippen molar-refractivity contribution in [3.05, 3.63) is 0 Å². The summed E-state index contributed by atoms with van der Waals surface area (Å²) >= 11 is 2.07. The molecule has 19 heavy (non-hydrogen) atoms. The number of nitrogens with zero attached hydrogens (tertiary/aromatic N) is 1. The van der Waals surface area contributed by atoms with Crippen LogP contribution in [-0.4, -0.2) is 54.3 Å². The fraction of sp³-hybridized carbons (Fsp3) is 1.00. The zero-order valence-electron chi connectivity index (χ0n) is 12.1. The maximum Gasteiger partial charge on any atom is 0.0685 e. The molecule has 0 amide bonds. The van der Waals surface area contributed by atoms with Gasteiger partial charge in [-0.2, -0.15) is 11.8 Å². The molecule has 2 aliphatic heterocycles. The summed E-state index contributed by atoms with van der Waals surface area (Å²) in [6.45, 7) is 2.12. The predicted molar refractivity (Wildman–Crippen MR) is 81.6 cm³/mol. The van der Waals surface area contributed by atoms with E-state index in [1.807, 2.05) is 0 Å². The third-order valence-electron chi connectivity index (χ3n) is 5.48. The molecular weight excluding hydrogens is 256 g/mol. The van der Waals surface area contributed by atoms with Crippen LogP contribution in [0.3, 0.4) is 0 Å². The number of hydrogen-bond donors (Lipinski definition) is 1. The van der Waals surface area contributed by atoms with Crippen LogP contribution in [0.1, 0.15) is 38.5 Å². The van der Waals surface area contributed by atoms with Crippen LogP contribution in [0.2, 0.25) is 0 Å². The van der Waals surface area contributed by atoms with E-state index in [0.717, 1.165) is 13.0 Å². The summed E-state index contributed by atoms with van der Waals surface area (Å²) in [4.78, 5) is 2.48. The zero-order valence-corrected chi connectivity index (χ0v) is 13.0. The molecule has 0 aromatic carbocycles. The average molecular weight is 284 g/mol. The lowest BCUT2D eigenvalue weighted by Gasteiger charge is -2.45. The van der Waals surface area contributed by atoms with Gasteiger partial charge in [0.05, 0.1) is 5.60 Å². The predicted octanol–water partition coefficient (Wildman–Crippen LogP) is 2.10. The highest BCUT2D eigenvalue weighted by molar-refractivity contribution is 7.99. The van der Waals surface area contributed by atoms with Gasteiger partial charge < -0.3 is 15.4 Å². The Morgan fingerprint density at radius 2 is 2.16 bits per heavy atom. The number of nitrogens with two attached hydrogens (primary N) is 1. The highest BCUT2D eigenvalue weighted by atomic mass is 32.2. The second kappa shape index (κ2) is 5.92. The Morgan fingerprint density at radius 1 is 1.37 bits per heavy atom. The van der Waals surface area contributed by atoms with Crippen molar-refractivity contribution < 1.29 is 4.74 Å². The van der Waals surface area contributed by atoms with Gasteiger partial charge in [0.25, 0.3) is 0 Å². The van der Waals surface area contributed by atoms with Crippen LogP contribution in [0.5, 0.6) is 0 Å². The van der Waals surface area contributed by atoms with Gasteiger partial charge in [0.15, 0.2) is 0 Å². The summed E-state index contributed by atoms with van der Waals surface area (Å²) in [5, 5.41) is 0. The molecule has 3 aliphatic rings. The molecule has 3 unspecified atom stereocenters. The first-order chi connectivity index (χ1) is 9.20. The Labute approximate surface area is 121 Å². The second-order valence-electron chi connectivity index (χ2n) is 6.69. The minimum Gasteiger partial charge on any atom is -0.375 e. The molecule has 2 heterocycles. The van der Waals surface area contributed by atoms with Crippen LogP contribution < -0.4 is 5.73 Å². The largest absolute Gasteiger partial charge is 0.375 e. The van der Waals surface area contributed by atoms with Crippen LogP contribution in [0.4, 0.5) is 0 Å². The second-order valence-corrected chi connectivity index (χ2v) is 7.84. The van der Waals surface area contributed by atoms with Crippen LogP contribution in [0.15, 0.2) is 0 Å². The van der Waals surface area contributed by atoms with Crippen LogP contribution >= 0.6 is 11.8 Å². The fourth-order valence-corrected chi connectivity index (χ4v) is 5.49. The van der Waals surface area contributed by atoms with Crippen molar-refractivity contribution in [2.75, 3.05) is 31.7 Å². The third kappa shape index (κ3) is 2.97. The molecule has 2 N–H and O–H groups in total. The smallest absolute Gasteiger partial charge is 0.0685 e. The number of rotatable bonds is 2. The van der Waals surface area contributed by atoms with Gasteiger partial charge in [0.1, 0.15) is 0 Å². The highest BCUT2D eigenvalue weighted by Crippen LogP contribution is 2.43. The van der Waals surface area contributed by atoms with Gasteiger partial charge in [-0.05, 0) is 38.6 Å². The van der Waals surface area contributed by atoms with E-state index in [2.05, 4.69) is 23.7 Å². The Balaban J connectivity index is 1.64. The van der Waals surface area contributed by atoms with Crippen molar-refractivity contribution in [2.45, 2.75) is 56.2 Å². The Kier molecular flexibility index (Phi) is 4.42. The summed E-state index contributed by atoms with van der Waals surface area (Å²) in [5.41, 5.74) is 6.86. The first-order valence-corrected chi connectivity index (χ1v) is 9.03. The van der Waals surface area contributed by atoms with Crippen molar-refractivity contribution in [1.82, 2.24) is 4.90 Å². The van der Waals surface area contributed by atoms with Crippen molar-refractivity contribution in [3.63, 3.8) is 0 Å². The molecule has 0 aromatic rings. The minimum atomic E-state index is 0.209. The van der Waals surface area contributed by atoms with Crippen LogP contribution in [-0.2, 0) is 4.74 Å². The molecule has 3 atom stereocenters. The van der Waals surface area contributed by atoms with E-state index in [4.69, 9.17) is 10.5 Å². The van der Waals surface area contributed by atoms with Gasteiger partial charge in [0, 0.05) is 36.7 Å². The van der Waals surface area contributed by atoms with E-state index >= 15 is 0 Å². The molecule has 1 saturated carbocycles. The van der Waals surface area contributed by atoms with Crippen molar-refractivity contribution in [1.29, 1.82) is 0 Å². The first kappa shape index (κ1) is 14.2. The van der Waals surface area contributed by atoms with Crippen LogP contribution in [0, 0.1) is 5.92 Å². The number of hydrogen-bond acceptors (Lipinski definition) is 4. The van der Waals surface area contributed by atoms with Crippen LogP contribution in [0.25, 0.3) is 0 Å². The molecule has 0 aromatic heterocycles. The lowest BCUT2D eigenvalue weighted by molar-refractivity contribution is -0.0990. The van der Waals surface area contributed by atoms with Gasteiger partial charge >= 0.3 is 0 Å². The topological polar surface area (TPSA) is 38.5 Å². The van der Waals surface area contributed by atoms with Gasteiger partial charge in [0.2, 0.25) is 0 Å². The molecule has 0 bridgehead atoms. The molecular formula is C15H28N2OS. The lowest BCUT2D eigenvalue weighted by atomic mass is 9.79. The van der Waals surface area contributed by atoms with Crippen molar-refractivity contribution >= 4 is 11.8 Å². The minimum absolute atomic E-state index is 0.209. The zero-order chi connectivity index (χ0) is 13.3. The number of likely N-dealkylation sites (N-methyl/N-ethyl adjacent to an activating group) is 1. The van der Waals surface area contributed by atoms with Crippen molar-refractivity contribution in [3.8, 4) is 0 Å². The Morgan fingerprint density at radius 3 is 2.89 bits per heavy atom. The van der Waals surface area contributed by atoms with Gasteiger partial charge in [-0.1, -0.05) is 12.8 Å². The Bertz CT molecular complexity index is 307. The molecule has 2 saturated heterocycles. The standard InChI is InChI=1S/C15H28N2OS/c1-17-7-9-19-11-13(17)14(16)12-4-8-18-15(10-12)5-2-3-6-15/h12-14H,2-11,16H2,1H3. The maximum atomic E-state index is 6.65. The molecule has 4 heteroatoms. The molecule has 3 rings (SSSR count). The quantitative estimate of drug-likeness (QED) is 0.843. The molecule has 1 spiro atoms. The summed E-state index contributed by atoms with van der Waals surface area (Å²) in [6, 6.07) is 0.902. The maximum absolute atomic E-state index is 6.65. The Hall–Kier alpha value is 0.230. The van der Waals surface area contributed by atoms with E-state index in [1.54, 1.807) is 0 Å². The van der Waals surface area contributed by atoms with E-state index < -0.39 is 0 Å². The third-order valence-corrected chi connectivity index (χ3v) is 6.53. The SMILES string of the molecule is CN1CCSCC1C(N)C1CCOC2(CCCC2)C1. The molecule has 1 aliphatic carbocycles. The van der Waals surface area contributed by atoms with Gasteiger partial charge in [-0.25, -0.2) is 0 Å². The summed E-state index contributed by atoms with van der Waals surface area (Å²) in [7, 11) is 2.24. The van der Waals surface area contributed by atoms with Crippen molar-refractivity contribution in [2.24, 2.45) is 11.7 Å². The summed E-state index contributed by atoms with van der Waals surface area (Å²) < 4.78 is 6.15. The van der Waals surface area contributed by atoms with E-state index in [9.17, 15) is 0 Å². The van der Waals surface area contributed by atoms with Gasteiger partial charge in [-0.15, -0.1) is 0 Å². The van der Waals surface area contributed by atoms with E-state index in [-0.39, 0.29) is 5.60 Å². The average Bonchev–Trinajstić information content (AvgIpc) is 2.86. The summed E-state index contributed by atoms with van der Waals surface area (Å²) in [5.74, 6) is 3.14. The number of ether oxygens (including phenoxy) is 1. The highest BCUT2D eigenvalue weighted by Gasteiger charge is 2.43. The number of thioether (sulfide) groups is 1. The normalized spacial score (nSPS) is 37.6. The van der Waals surface area contributed by atoms with E-state index in [1.165, 1.54) is 50.2 Å². The fourth-order valence-electron chi connectivity index (χ4n) is 4.19. The molecule has 0 radical (unpaired) electrons. The molecule has 110 valence electrons. The first-order valence-electron chi connectivity index (χ1n) is 7.88. The summed E-state index contributed by atoms with van der Waals surface area (Å²) in [6.07, 6.45) is 7.61. The van der Waals surface area contributed by atoms with E-state index in [0.29, 0.717) is 18.0 Å². The van der Waals surface area contributed by atoms with Gasteiger partial charge in [-0.3, -0.25) is 0 Å². The molecule has 3 nitrogen and oxygen atoms in total. The lowest BCUT2D eigenvalue weighted by Crippen LogP contribution is -2.56. The molecule has 3 fully saturated rings. The monoisotopic (exact) mass is 284 g/mol.